The Bertz CT molecular complexity index is 647. The molecule has 2 atom stereocenters. The maximum absolute atomic E-state index is 12.7. The molecule has 0 unspecified atom stereocenters. The van der Waals surface area contributed by atoms with E-state index in [9.17, 15) is 13.2 Å². The van der Waals surface area contributed by atoms with Gasteiger partial charge >= 0.3 is 0 Å². The first-order chi connectivity index (χ1) is 10.9. The van der Waals surface area contributed by atoms with Crippen molar-refractivity contribution in [2.75, 3.05) is 23.8 Å². The van der Waals surface area contributed by atoms with Crippen molar-refractivity contribution in [2.45, 2.75) is 47.2 Å². The molecule has 6 nitrogen and oxygen atoms in total. The van der Waals surface area contributed by atoms with Gasteiger partial charge in [-0.1, -0.05) is 41.8 Å². The SMILES string of the molecule is CCSc1nnc(S[C@@H](C)C(=O)N(CC)[C@@H]2CCS(=O)(=O)C2)s1. The van der Waals surface area contributed by atoms with Crippen molar-refractivity contribution in [3.05, 3.63) is 0 Å². The van der Waals surface area contributed by atoms with Crippen molar-refractivity contribution in [3.8, 4) is 0 Å². The van der Waals surface area contributed by atoms with Crippen molar-refractivity contribution in [1.82, 2.24) is 15.1 Å². The smallest absolute Gasteiger partial charge is 0.236 e. The van der Waals surface area contributed by atoms with Gasteiger partial charge in [-0.2, -0.15) is 0 Å². The van der Waals surface area contributed by atoms with E-state index < -0.39 is 9.84 Å². The lowest BCUT2D eigenvalue weighted by Gasteiger charge is -2.29. The van der Waals surface area contributed by atoms with Crippen LogP contribution >= 0.6 is 34.9 Å². The molecule has 1 fully saturated rings. The summed E-state index contributed by atoms with van der Waals surface area (Å²) in [5, 5.41) is 7.89. The van der Waals surface area contributed by atoms with Gasteiger partial charge in [0.2, 0.25) is 5.91 Å². The Hall–Kier alpha value is -0.320. The number of sulfone groups is 1. The van der Waals surface area contributed by atoms with Crippen molar-refractivity contribution in [3.63, 3.8) is 0 Å². The molecule has 1 amide bonds. The molecule has 0 N–H and O–H groups in total. The fourth-order valence-corrected chi connectivity index (χ4v) is 7.34. The third kappa shape index (κ3) is 5.07. The molecule has 1 aromatic heterocycles. The predicted octanol–water partition coefficient (Wildman–Crippen LogP) is 2.17. The van der Waals surface area contributed by atoms with E-state index in [0.717, 1.165) is 14.4 Å². The van der Waals surface area contributed by atoms with E-state index in [1.54, 1.807) is 16.7 Å². The van der Waals surface area contributed by atoms with Crippen molar-refractivity contribution in [1.29, 1.82) is 0 Å². The Morgan fingerprint density at radius 2 is 2.09 bits per heavy atom. The average molecular weight is 396 g/mol. The average Bonchev–Trinajstić information content (AvgIpc) is 3.06. The highest BCUT2D eigenvalue weighted by molar-refractivity contribution is 8.03. The lowest BCUT2D eigenvalue weighted by molar-refractivity contribution is -0.131. The largest absolute Gasteiger partial charge is 0.338 e. The fraction of sp³-hybridized carbons (Fsp3) is 0.769. The van der Waals surface area contributed by atoms with Crippen molar-refractivity contribution >= 4 is 50.6 Å². The zero-order valence-corrected chi connectivity index (χ0v) is 16.7. The molecule has 0 radical (unpaired) electrons. The summed E-state index contributed by atoms with van der Waals surface area (Å²) in [5.74, 6) is 1.17. The van der Waals surface area contributed by atoms with E-state index in [4.69, 9.17) is 0 Å². The second kappa shape index (κ2) is 8.17. The second-order valence-electron chi connectivity index (χ2n) is 5.21. The van der Waals surface area contributed by atoms with Gasteiger partial charge in [0.25, 0.3) is 0 Å². The van der Waals surface area contributed by atoms with Gasteiger partial charge in [-0.15, -0.1) is 10.2 Å². The number of carbonyl (C=O) groups is 1. The van der Waals surface area contributed by atoms with E-state index in [2.05, 4.69) is 17.1 Å². The highest BCUT2D eigenvalue weighted by atomic mass is 32.2. The van der Waals surface area contributed by atoms with E-state index >= 15 is 0 Å². The number of nitrogens with zero attached hydrogens (tertiary/aromatic N) is 3. The van der Waals surface area contributed by atoms with Gasteiger partial charge in [0.05, 0.1) is 16.8 Å². The molecule has 0 spiro atoms. The predicted molar refractivity (Wildman–Crippen MR) is 96.1 cm³/mol. The molecule has 1 aromatic rings. The van der Waals surface area contributed by atoms with Crippen LogP contribution in [0.4, 0.5) is 0 Å². The molecule has 0 saturated carbocycles. The number of thioether (sulfide) groups is 2. The van der Waals surface area contributed by atoms with Gasteiger partial charge < -0.3 is 4.90 Å². The molecule has 0 bridgehead atoms. The summed E-state index contributed by atoms with van der Waals surface area (Å²) in [4.78, 5) is 14.4. The molecule has 1 aliphatic rings. The first-order valence-electron chi connectivity index (χ1n) is 7.50. The second-order valence-corrected chi connectivity index (χ2v) is 11.5. The summed E-state index contributed by atoms with van der Waals surface area (Å²) >= 11 is 4.52. The van der Waals surface area contributed by atoms with Crippen LogP contribution in [0.15, 0.2) is 8.68 Å². The summed E-state index contributed by atoms with van der Waals surface area (Å²) in [5.41, 5.74) is 0. The number of aromatic nitrogens is 2. The summed E-state index contributed by atoms with van der Waals surface area (Å²) in [6.07, 6.45) is 0.537. The van der Waals surface area contributed by atoms with Crippen LogP contribution in [0.2, 0.25) is 0 Å². The topological polar surface area (TPSA) is 80.2 Å². The van der Waals surface area contributed by atoms with Gasteiger partial charge in [0, 0.05) is 12.6 Å². The number of amides is 1. The molecule has 10 heteroatoms. The summed E-state index contributed by atoms with van der Waals surface area (Å²) < 4.78 is 25.0. The number of rotatable bonds is 7. The zero-order valence-electron chi connectivity index (χ0n) is 13.4. The standard InChI is InChI=1S/C13H21N3O3S4/c1-4-16(10-6-7-23(18,19)8-10)11(17)9(3)21-13-15-14-12(22-13)20-5-2/h9-10H,4-8H2,1-3H3/t9-,10+/m0/s1. The molecule has 2 heterocycles. The molecule has 2 rings (SSSR count). The van der Waals surface area contributed by atoms with Gasteiger partial charge in [-0.25, -0.2) is 8.42 Å². The number of carbonyl (C=O) groups excluding carboxylic acids is 1. The van der Waals surface area contributed by atoms with Crippen LogP contribution in [0.1, 0.15) is 27.2 Å². The first-order valence-corrected chi connectivity index (χ1v) is 12.0. The number of hydrogen-bond acceptors (Lipinski definition) is 8. The molecular weight excluding hydrogens is 374 g/mol. The van der Waals surface area contributed by atoms with E-state index in [1.807, 2.05) is 13.8 Å². The highest BCUT2D eigenvalue weighted by Crippen LogP contribution is 2.32. The first kappa shape index (κ1) is 19.0. The van der Waals surface area contributed by atoms with Crippen LogP contribution < -0.4 is 0 Å². The molecule has 23 heavy (non-hydrogen) atoms. The van der Waals surface area contributed by atoms with Crippen molar-refractivity contribution in [2.24, 2.45) is 0 Å². The monoisotopic (exact) mass is 395 g/mol. The normalized spacial score (nSPS) is 21.3. The van der Waals surface area contributed by atoms with Crippen LogP contribution in [0, 0.1) is 0 Å². The Labute approximate surface area is 149 Å². The minimum Gasteiger partial charge on any atom is -0.338 e. The van der Waals surface area contributed by atoms with E-state index in [0.29, 0.717) is 13.0 Å². The lowest BCUT2D eigenvalue weighted by Crippen LogP contribution is -2.44. The zero-order chi connectivity index (χ0) is 17.0. The highest BCUT2D eigenvalue weighted by Gasteiger charge is 2.35. The van der Waals surface area contributed by atoms with Crippen LogP contribution in [-0.2, 0) is 14.6 Å². The Kier molecular flexibility index (Phi) is 6.76. The quantitative estimate of drug-likeness (QED) is 0.655. The molecule has 0 aromatic carbocycles. The molecule has 0 aliphatic carbocycles. The summed E-state index contributed by atoms with van der Waals surface area (Å²) in [6.45, 7) is 6.31. The Morgan fingerprint density at radius 1 is 1.39 bits per heavy atom. The molecule has 1 saturated heterocycles. The van der Waals surface area contributed by atoms with Crippen LogP contribution in [-0.4, -0.2) is 64.5 Å². The lowest BCUT2D eigenvalue weighted by atomic mass is 10.2. The molecule has 1 aliphatic heterocycles. The number of hydrogen-bond donors (Lipinski definition) is 0. The molecular formula is C13H21N3O3S4. The van der Waals surface area contributed by atoms with Gasteiger partial charge in [0.1, 0.15) is 0 Å². The maximum atomic E-state index is 12.7. The minimum atomic E-state index is -3.00. The maximum Gasteiger partial charge on any atom is 0.236 e. The van der Waals surface area contributed by atoms with Gasteiger partial charge in [-0.3, -0.25) is 4.79 Å². The Morgan fingerprint density at radius 3 is 2.65 bits per heavy atom. The third-order valence-corrected chi connectivity index (χ3v) is 8.41. The van der Waals surface area contributed by atoms with Gasteiger partial charge in [0.15, 0.2) is 18.5 Å². The molecule has 130 valence electrons. The third-order valence-electron chi connectivity index (χ3n) is 3.55. The van der Waals surface area contributed by atoms with Crippen LogP contribution in [0.25, 0.3) is 0 Å². The fourth-order valence-electron chi connectivity index (χ4n) is 2.48. The van der Waals surface area contributed by atoms with E-state index in [-0.39, 0.29) is 28.7 Å². The van der Waals surface area contributed by atoms with E-state index in [1.165, 1.54) is 23.1 Å². The Balaban J connectivity index is 1.99. The minimum absolute atomic E-state index is 0.0282. The van der Waals surface area contributed by atoms with Crippen LogP contribution in [0.3, 0.4) is 0 Å². The summed E-state index contributed by atoms with van der Waals surface area (Å²) in [6, 6.07) is -0.193. The van der Waals surface area contributed by atoms with Crippen molar-refractivity contribution < 1.29 is 13.2 Å². The van der Waals surface area contributed by atoms with Gasteiger partial charge in [-0.05, 0) is 26.0 Å². The summed E-state index contributed by atoms with van der Waals surface area (Å²) in [7, 11) is -3.00. The van der Waals surface area contributed by atoms with Crippen LogP contribution in [0.5, 0.6) is 0 Å².